The quantitative estimate of drug-likeness (QED) is 0.643. The Labute approximate surface area is 141 Å². The number of hydrogen-bond acceptors (Lipinski definition) is 3. The molecule has 3 aromatic rings. The molecule has 2 nitrogen and oxygen atoms in total. The Morgan fingerprint density at radius 1 is 1.04 bits per heavy atom. The van der Waals surface area contributed by atoms with Crippen molar-refractivity contribution in [3.8, 4) is 11.3 Å². The average Bonchev–Trinajstić information content (AvgIpc) is 3.25. The minimum Gasteiger partial charge on any atom is -0.265 e. The van der Waals surface area contributed by atoms with Crippen LogP contribution in [0.4, 0.5) is 13.2 Å². The van der Waals surface area contributed by atoms with E-state index in [0.29, 0.717) is 5.56 Å². The van der Waals surface area contributed by atoms with Gasteiger partial charge in [0.1, 0.15) is 5.01 Å². The Bertz CT molecular complexity index is 867. The molecule has 0 saturated heterocycles. The van der Waals surface area contributed by atoms with Gasteiger partial charge in [0.25, 0.3) is 0 Å². The van der Waals surface area contributed by atoms with Gasteiger partial charge in [-0.2, -0.15) is 13.2 Å². The monoisotopic (exact) mass is 346 g/mol. The van der Waals surface area contributed by atoms with Gasteiger partial charge in [0.05, 0.1) is 11.3 Å². The molecule has 1 aromatic carbocycles. The maximum Gasteiger partial charge on any atom is 0.416 e. The summed E-state index contributed by atoms with van der Waals surface area (Å²) in [6, 6.07) is 9.39. The summed E-state index contributed by atoms with van der Waals surface area (Å²) in [7, 11) is 0. The zero-order valence-electron chi connectivity index (χ0n) is 12.5. The third-order valence-corrected chi connectivity index (χ3v) is 5.43. The normalized spacial score (nSPS) is 16.1. The van der Waals surface area contributed by atoms with Crippen LogP contribution >= 0.6 is 11.3 Å². The van der Waals surface area contributed by atoms with Crippen LogP contribution in [0.2, 0.25) is 0 Å². The molecule has 1 fully saturated rings. The van der Waals surface area contributed by atoms with Crippen molar-refractivity contribution in [2.24, 2.45) is 0 Å². The van der Waals surface area contributed by atoms with Crippen LogP contribution in [-0.2, 0) is 11.6 Å². The van der Waals surface area contributed by atoms with Crippen LogP contribution in [0.1, 0.15) is 29.0 Å². The molecule has 0 amide bonds. The van der Waals surface area contributed by atoms with Crippen LogP contribution in [-0.4, -0.2) is 9.97 Å². The van der Waals surface area contributed by atoms with Crippen LogP contribution in [0.15, 0.2) is 54.2 Å². The first-order valence-corrected chi connectivity index (χ1v) is 8.41. The van der Waals surface area contributed by atoms with E-state index in [1.165, 1.54) is 23.5 Å². The summed E-state index contributed by atoms with van der Waals surface area (Å²) in [5, 5.41) is 2.84. The topological polar surface area (TPSA) is 25.8 Å². The van der Waals surface area contributed by atoms with E-state index in [1.54, 1.807) is 18.5 Å². The van der Waals surface area contributed by atoms with Crippen molar-refractivity contribution in [1.82, 2.24) is 9.97 Å². The van der Waals surface area contributed by atoms with Gasteiger partial charge in [0.15, 0.2) is 0 Å². The molecule has 0 bridgehead atoms. The van der Waals surface area contributed by atoms with Crippen LogP contribution in [0.3, 0.4) is 0 Å². The van der Waals surface area contributed by atoms with Gasteiger partial charge in [-0.1, -0.05) is 18.2 Å². The Morgan fingerprint density at radius 3 is 2.46 bits per heavy atom. The first-order chi connectivity index (χ1) is 11.5. The molecule has 6 heteroatoms. The highest BCUT2D eigenvalue weighted by molar-refractivity contribution is 7.10. The lowest BCUT2D eigenvalue weighted by Gasteiger charge is -2.15. The van der Waals surface area contributed by atoms with Crippen LogP contribution < -0.4 is 0 Å². The second-order valence-corrected chi connectivity index (χ2v) is 6.79. The molecule has 0 aliphatic heterocycles. The molecule has 0 radical (unpaired) electrons. The van der Waals surface area contributed by atoms with Gasteiger partial charge >= 0.3 is 6.18 Å². The maximum atomic E-state index is 13.0. The first kappa shape index (κ1) is 15.3. The van der Waals surface area contributed by atoms with E-state index in [0.717, 1.165) is 35.2 Å². The summed E-state index contributed by atoms with van der Waals surface area (Å²) in [6.45, 7) is 0. The highest BCUT2D eigenvalue weighted by atomic mass is 32.1. The molecule has 0 N–H and O–H groups in total. The van der Waals surface area contributed by atoms with Crippen molar-refractivity contribution in [2.45, 2.75) is 24.4 Å². The molecule has 1 aliphatic carbocycles. The third kappa shape index (κ3) is 2.60. The Morgan fingerprint density at radius 2 is 1.79 bits per heavy atom. The average molecular weight is 346 g/mol. The van der Waals surface area contributed by atoms with Crippen molar-refractivity contribution in [3.05, 3.63) is 70.3 Å². The fourth-order valence-electron chi connectivity index (χ4n) is 2.89. The van der Waals surface area contributed by atoms with Gasteiger partial charge in [-0.15, -0.1) is 11.3 Å². The Hall–Kier alpha value is -2.21. The molecule has 4 rings (SSSR count). The fourth-order valence-corrected chi connectivity index (χ4v) is 4.00. The van der Waals surface area contributed by atoms with E-state index < -0.39 is 11.7 Å². The van der Waals surface area contributed by atoms with E-state index in [1.807, 2.05) is 17.5 Å². The highest BCUT2D eigenvalue weighted by Gasteiger charge is 2.49. The Balaban J connectivity index is 1.71. The lowest BCUT2D eigenvalue weighted by molar-refractivity contribution is -0.137. The number of alkyl halides is 3. The zero-order valence-corrected chi connectivity index (χ0v) is 13.4. The SMILES string of the molecule is FC(F)(F)c1cccc(C2(c3nc(-c4ccncc4)cs3)CC2)c1. The third-order valence-electron chi connectivity index (χ3n) is 4.38. The predicted molar refractivity (Wildman–Crippen MR) is 86.8 cm³/mol. The molecule has 0 spiro atoms. The van der Waals surface area contributed by atoms with E-state index in [4.69, 9.17) is 4.98 Å². The van der Waals surface area contributed by atoms with Crippen LogP contribution in [0.25, 0.3) is 11.3 Å². The first-order valence-electron chi connectivity index (χ1n) is 7.53. The number of rotatable bonds is 3. The minimum absolute atomic E-state index is 0.364. The lowest BCUT2D eigenvalue weighted by Crippen LogP contribution is -2.11. The molecule has 122 valence electrons. The van der Waals surface area contributed by atoms with Crippen molar-refractivity contribution in [2.75, 3.05) is 0 Å². The van der Waals surface area contributed by atoms with Crippen molar-refractivity contribution in [1.29, 1.82) is 0 Å². The second kappa shape index (κ2) is 5.41. The van der Waals surface area contributed by atoms with E-state index in [2.05, 4.69) is 4.98 Å². The standard InChI is InChI=1S/C18H13F3N2S/c19-18(20,21)14-3-1-2-13(10-14)17(6-7-17)16-23-15(11-24-16)12-4-8-22-9-5-12/h1-5,8-11H,6-7H2. The summed E-state index contributed by atoms with van der Waals surface area (Å²) >= 11 is 1.51. The lowest BCUT2D eigenvalue weighted by atomic mass is 9.95. The van der Waals surface area contributed by atoms with Gasteiger partial charge in [0, 0.05) is 28.8 Å². The minimum atomic E-state index is -4.32. The largest absolute Gasteiger partial charge is 0.416 e. The molecule has 1 aliphatic rings. The molecule has 2 heterocycles. The summed E-state index contributed by atoms with van der Waals surface area (Å²) in [5.74, 6) is 0. The van der Waals surface area contributed by atoms with Gasteiger partial charge in [-0.05, 0) is 36.6 Å². The molecular weight excluding hydrogens is 333 g/mol. The van der Waals surface area contributed by atoms with E-state index in [-0.39, 0.29) is 5.41 Å². The molecule has 24 heavy (non-hydrogen) atoms. The van der Waals surface area contributed by atoms with Crippen molar-refractivity contribution < 1.29 is 13.2 Å². The van der Waals surface area contributed by atoms with Gasteiger partial charge in [0.2, 0.25) is 0 Å². The molecule has 2 aromatic heterocycles. The number of pyridine rings is 1. The summed E-state index contributed by atoms with van der Waals surface area (Å²) in [4.78, 5) is 8.68. The Kier molecular flexibility index (Phi) is 3.46. The van der Waals surface area contributed by atoms with Gasteiger partial charge in [-0.25, -0.2) is 4.98 Å². The summed E-state index contributed by atoms with van der Waals surface area (Å²) in [6.07, 6.45) is 0.745. The van der Waals surface area contributed by atoms with E-state index >= 15 is 0 Å². The molecule has 1 saturated carbocycles. The van der Waals surface area contributed by atoms with E-state index in [9.17, 15) is 13.2 Å². The van der Waals surface area contributed by atoms with Crippen molar-refractivity contribution >= 4 is 11.3 Å². The smallest absolute Gasteiger partial charge is 0.265 e. The zero-order chi connectivity index (χ0) is 16.8. The number of aromatic nitrogens is 2. The summed E-state index contributed by atoms with van der Waals surface area (Å²) in [5.41, 5.74) is 1.55. The van der Waals surface area contributed by atoms with Gasteiger partial charge < -0.3 is 0 Å². The number of hydrogen-bond donors (Lipinski definition) is 0. The molecule has 0 unspecified atom stereocenters. The second-order valence-electron chi connectivity index (χ2n) is 5.93. The van der Waals surface area contributed by atoms with Gasteiger partial charge in [-0.3, -0.25) is 4.98 Å². The number of nitrogens with zero attached hydrogens (tertiary/aromatic N) is 2. The summed E-state index contributed by atoms with van der Waals surface area (Å²) < 4.78 is 39.0. The maximum absolute atomic E-state index is 13.0. The van der Waals surface area contributed by atoms with Crippen LogP contribution in [0.5, 0.6) is 0 Å². The predicted octanol–water partition coefficient (Wildman–Crippen LogP) is 5.30. The number of halogens is 3. The van der Waals surface area contributed by atoms with Crippen molar-refractivity contribution in [3.63, 3.8) is 0 Å². The molecule has 0 atom stereocenters. The number of thiazole rings is 1. The van der Waals surface area contributed by atoms with Crippen LogP contribution in [0, 0.1) is 0 Å². The highest BCUT2D eigenvalue weighted by Crippen LogP contribution is 2.55. The molecular formula is C18H13F3N2S. The fraction of sp³-hybridized carbons (Fsp3) is 0.222. The number of benzene rings is 1.